The molecule has 0 aliphatic carbocycles. The van der Waals surface area contributed by atoms with Crippen molar-refractivity contribution in [3.8, 4) is 17.2 Å². The second kappa shape index (κ2) is 10.4. The summed E-state index contributed by atoms with van der Waals surface area (Å²) in [5.74, 6) is 1.40. The van der Waals surface area contributed by atoms with Crippen LogP contribution >= 0.6 is 11.3 Å². The number of hydrogen-bond acceptors (Lipinski definition) is 7. The van der Waals surface area contributed by atoms with Crippen LogP contribution in [0.4, 0.5) is 5.69 Å². The highest BCUT2D eigenvalue weighted by atomic mass is 32.1. The molecule has 8 heteroatoms. The van der Waals surface area contributed by atoms with Gasteiger partial charge in [-0.25, -0.2) is 4.98 Å². The molecule has 0 saturated carbocycles. The summed E-state index contributed by atoms with van der Waals surface area (Å²) >= 11 is 1.51. The minimum absolute atomic E-state index is 0.265. The maximum absolute atomic E-state index is 12.8. The van der Waals surface area contributed by atoms with Gasteiger partial charge in [-0.3, -0.25) is 9.78 Å². The normalized spacial score (nSPS) is 10.4. The Kier molecular flexibility index (Phi) is 6.94. The molecule has 0 spiro atoms. The molecule has 0 atom stereocenters. The third-order valence-corrected chi connectivity index (χ3v) is 5.14. The molecular formula is C24H21N3O4S. The van der Waals surface area contributed by atoms with Gasteiger partial charge >= 0.3 is 0 Å². The zero-order valence-corrected chi connectivity index (χ0v) is 18.2. The largest absolute Gasteiger partial charge is 0.493 e. The Labute approximate surface area is 189 Å². The second-order valence-corrected chi connectivity index (χ2v) is 7.48. The Morgan fingerprint density at radius 1 is 1.03 bits per heavy atom. The summed E-state index contributed by atoms with van der Waals surface area (Å²) in [5.41, 5.74) is 4.63. The van der Waals surface area contributed by atoms with Crippen LogP contribution in [0.3, 0.4) is 0 Å². The monoisotopic (exact) mass is 447 g/mol. The number of rotatable bonds is 9. The molecule has 1 N–H and O–H groups in total. The van der Waals surface area contributed by atoms with Crippen LogP contribution in [0.25, 0.3) is 0 Å². The number of methoxy groups -OCH3 is 1. The van der Waals surface area contributed by atoms with Gasteiger partial charge in [0.1, 0.15) is 19.0 Å². The number of thiazole rings is 1. The van der Waals surface area contributed by atoms with Gasteiger partial charge in [0.2, 0.25) is 0 Å². The molecule has 32 heavy (non-hydrogen) atoms. The standard InChI is InChI=1S/C24H21N3O4S/c1-29-23-10-18(7-8-22(23)31-14-20-15-32-16-26-20)24(28)27-19-5-2-6-21(11-19)30-13-17-4-3-9-25-12-17/h2-12,15-16H,13-14H2,1H3,(H,27,28). The summed E-state index contributed by atoms with van der Waals surface area (Å²) in [6.07, 6.45) is 3.47. The van der Waals surface area contributed by atoms with E-state index in [-0.39, 0.29) is 5.91 Å². The fraction of sp³-hybridized carbons (Fsp3) is 0.125. The molecule has 0 unspecified atom stereocenters. The van der Waals surface area contributed by atoms with Crippen molar-refractivity contribution in [2.24, 2.45) is 0 Å². The molecule has 0 saturated heterocycles. The highest BCUT2D eigenvalue weighted by Gasteiger charge is 2.12. The Bertz CT molecular complexity index is 1170. The quantitative estimate of drug-likeness (QED) is 0.391. The molecule has 0 fully saturated rings. The first-order valence-electron chi connectivity index (χ1n) is 9.82. The molecule has 7 nitrogen and oxygen atoms in total. The lowest BCUT2D eigenvalue weighted by Crippen LogP contribution is -2.12. The summed E-state index contributed by atoms with van der Waals surface area (Å²) in [5, 5.41) is 4.81. The summed E-state index contributed by atoms with van der Waals surface area (Å²) in [6, 6.07) is 16.1. The number of nitrogens with zero attached hydrogens (tertiary/aromatic N) is 2. The molecule has 2 heterocycles. The van der Waals surface area contributed by atoms with Crippen LogP contribution in [0.1, 0.15) is 21.6 Å². The number of carbonyl (C=O) groups excluding carboxylic acids is 1. The lowest BCUT2D eigenvalue weighted by Gasteiger charge is -2.12. The van der Waals surface area contributed by atoms with Crippen LogP contribution in [0, 0.1) is 0 Å². The van der Waals surface area contributed by atoms with Crippen LogP contribution in [-0.4, -0.2) is 23.0 Å². The topological polar surface area (TPSA) is 82.6 Å². The smallest absolute Gasteiger partial charge is 0.255 e. The van der Waals surface area contributed by atoms with Crippen molar-refractivity contribution in [2.45, 2.75) is 13.2 Å². The van der Waals surface area contributed by atoms with Gasteiger partial charge in [0.05, 0.1) is 18.3 Å². The number of amides is 1. The summed E-state index contributed by atoms with van der Waals surface area (Å²) in [7, 11) is 1.54. The summed E-state index contributed by atoms with van der Waals surface area (Å²) in [6.45, 7) is 0.724. The van der Waals surface area contributed by atoms with Crippen molar-refractivity contribution in [1.82, 2.24) is 9.97 Å². The summed E-state index contributed by atoms with van der Waals surface area (Å²) < 4.78 is 17.0. The number of carbonyl (C=O) groups is 1. The van der Waals surface area contributed by atoms with Gasteiger partial charge in [0, 0.05) is 40.7 Å². The first kappa shape index (κ1) is 21.3. The lowest BCUT2D eigenvalue weighted by molar-refractivity contribution is 0.102. The van der Waals surface area contributed by atoms with E-state index in [4.69, 9.17) is 14.2 Å². The molecule has 4 aromatic rings. The fourth-order valence-corrected chi connectivity index (χ4v) is 3.45. The van der Waals surface area contributed by atoms with Gasteiger partial charge in [-0.15, -0.1) is 11.3 Å². The molecule has 0 aliphatic rings. The van der Waals surface area contributed by atoms with Gasteiger partial charge in [-0.1, -0.05) is 12.1 Å². The predicted octanol–water partition coefficient (Wildman–Crippen LogP) is 4.96. The number of hydrogen-bond donors (Lipinski definition) is 1. The van der Waals surface area contributed by atoms with Gasteiger partial charge in [-0.2, -0.15) is 0 Å². The van der Waals surface area contributed by atoms with E-state index in [0.29, 0.717) is 41.7 Å². The van der Waals surface area contributed by atoms with Gasteiger partial charge in [0.25, 0.3) is 5.91 Å². The minimum atomic E-state index is -0.265. The molecule has 0 radical (unpaired) electrons. The number of nitrogens with one attached hydrogen (secondary N) is 1. The zero-order valence-electron chi connectivity index (χ0n) is 17.4. The summed E-state index contributed by atoms with van der Waals surface area (Å²) in [4.78, 5) is 21.0. The Morgan fingerprint density at radius 2 is 1.97 bits per heavy atom. The van der Waals surface area contributed by atoms with E-state index >= 15 is 0 Å². The van der Waals surface area contributed by atoms with E-state index in [2.05, 4.69) is 15.3 Å². The average Bonchev–Trinajstić information content (AvgIpc) is 3.36. The van der Waals surface area contributed by atoms with E-state index in [1.165, 1.54) is 18.4 Å². The highest BCUT2D eigenvalue weighted by molar-refractivity contribution is 7.07. The van der Waals surface area contributed by atoms with Gasteiger partial charge in [0.15, 0.2) is 11.5 Å². The molecule has 0 aliphatic heterocycles. The average molecular weight is 448 g/mol. The molecular weight excluding hydrogens is 426 g/mol. The molecule has 2 aromatic carbocycles. The Hall–Kier alpha value is -3.91. The second-order valence-electron chi connectivity index (χ2n) is 6.77. The van der Waals surface area contributed by atoms with Crippen LogP contribution in [0.2, 0.25) is 0 Å². The highest BCUT2D eigenvalue weighted by Crippen LogP contribution is 2.29. The number of pyridine rings is 1. The van der Waals surface area contributed by atoms with E-state index < -0.39 is 0 Å². The minimum Gasteiger partial charge on any atom is -0.493 e. The van der Waals surface area contributed by atoms with Crippen molar-refractivity contribution < 1.29 is 19.0 Å². The van der Waals surface area contributed by atoms with Crippen molar-refractivity contribution in [1.29, 1.82) is 0 Å². The van der Waals surface area contributed by atoms with Crippen LogP contribution in [0.15, 0.2) is 77.9 Å². The first-order valence-corrected chi connectivity index (χ1v) is 10.8. The van der Waals surface area contributed by atoms with Gasteiger partial charge in [-0.05, 0) is 36.4 Å². The number of anilines is 1. The number of aromatic nitrogens is 2. The van der Waals surface area contributed by atoms with Crippen LogP contribution in [0.5, 0.6) is 17.2 Å². The fourth-order valence-electron chi connectivity index (χ4n) is 2.91. The Balaban J connectivity index is 1.39. The first-order chi connectivity index (χ1) is 15.7. The molecule has 0 bridgehead atoms. The molecule has 4 rings (SSSR count). The third kappa shape index (κ3) is 5.61. The van der Waals surface area contributed by atoms with E-state index in [9.17, 15) is 4.79 Å². The van der Waals surface area contributed by atoms with E-state index in [1.54, 1.807) is 48.2 Å². The molecule has 1 amide bonds. The van der Waals surface area contributed by atoms with Crippen molar-refractivity contribution in [3.05, 3.63) is 94.7 Å². The number of ether oxygens (including phenoxy) is 3. The van der Waals surface area contributed by atoms with Crippen LogP contribution < -0.4 is 19.5 Å². The maximum Gasteiger partial charge on any atom is 0.255 e. The Morgan fingerprint density at radius 3 is 2.75 bits per heavy atom. The zero-order chi connectivity index (χ0) is 22.2. The van der Waals surface area contributed by atoms with Crippen molar-refractivity contribution in [2.75, 3.05) is 12.4 Å². The molecule has 2 aromatic heterocycles. The van der Waals surface area contributed by atoms with Crippen molar-refractivity contribution in [3.63, 3.8) is 0 Å². The predicted molar refractivity (Wildman–Crippen MR) is 122 cm³/mol. The van der Waals surface area contributed by atoms with Gasteiger partial charge < -0.3 is 19.5 Å². The lowest BCUT2D eigenvalue weighted by atomic mass is 10.1. The van der Waals surface area contributed by atoms with E-state index in [0.717, 1.165) is 11.3 Å². The number of benzene rings is 2. The SMILES string of the molecule is COc1cc(C(=O)Nc2cccc(OCc3cccnc3)c2)ccc1OCc1cscn1. The van der Waals surface area contributed by atoms with Crippen molar-refractivity contribution >= 4 is 22.9 Å². The van der Waals surface area contributed by atoms with Crippen LogP contribution in [-0.2, 0) is 13.2 Å². The third-order valence-electron chi connectivity index (χ3n) is 4.51. The molecule has 162 valence electrons. The van der Waals surface area contributed by atoms with E-state index in [1.807, 2.05) is 29.6 Å². The maximum atomic E-state index is 12.8.